The number of thiazole rings is 1. The zero-order valence-electron chi connectivity index (χ0n) is 20.5. The molecule has 0 unspecified atom stereocenters. The molecule has 0 amide bonds. The van der Waals surface area contributed by atoms with Gasteiger partial charge in [0.15, 0.2) is 0 Å². The van der Waals surface area contributed by atoms with E-state index in [0.717, 1.165) is 19.4 Å². The summed E-state index contributed by atoms with van der Waals surface area (Å²) in [5, 5.41) is 0. The van der Waals surface area contributed by atoms with Gasteiger partial charge < -0.3 is 4.57 Å². The van der Waals surface area contributed by atoms with Crippen LogP contribution in [0.15, 0.2) is 127 Å². The van der Waals surface area contributed by atoms with Gasteiger partial charge in [0.25, 0.3) is 0 Å². The van der Waals surface area contributed by atoms with Crippen molar-refractivity contribution in [2.45, 2.75) is 19.4 Å². The molecule has 0 bridgehead atoms. The summed E-state index contributed by atoms with van der Waals surface area (Å²) in [6, 6.07) is 36.8. The van der Waals surface area contributed by atoms with Crippen LogP contribution >= 0.6 is 11.3 Å². The van der Waals surface area contributed by atoms with Crippen LogP contribution in [0.4, 0.5) is 0 Å². The van der Waals surface area contributed by atoms with E-state index in [1.165, 1.54) is 49.5 Å². The summed E-state index contributed by atoms with van der Waals surface area (Å²) in [6.45, 7) is 0.823. The van der Waals surface area contributed by atoms with Crippen LogP contribution in [0.2, 0.25) is 0 Å². The van der Waals surface area contributed by atoms with Crippen LogP contribution in [0.3, 0.4) is 0 Å². The molecule has 0 saturated carbocycles. The Morgan fingerprint density at radius 1 is 0.595 bits per heavy atom. The second-order valence-corrected chi connectivity index (χ2v) is 10.1. The Labute approximate surface area is 221 Å². The molecule has 0 aliphatic rings. The van der Waals surface area contributed by atoms with Crippen LogP contribution in [0.5, 0.6) is 0 Å². The zero-order chi connectivity index (χ0) is 24.9. The van der Waals surface area contributed by atoms with Crippen molar-refractivity contribution in [3.05, 3.63) is 144 Å². The van der Waals surface area contributed by atoms with Crippen LogP contribution in [-0.4, -0.2) is 14.5 Å². The maximum atomic E-state index is 4.47. The number of benzene rings is 4. The van der Waals surface area contributed by atoms with E-state index in [1.54, 1.807) is 11.3 Å². The van der Waals surface area contributed by atoms with E-state index in [4.69, 9.17) is 0 Å². The summed E-state index contributed by atoms with van der Waals surface area (Å²) in [6.07, 6.45) is 7.81. The lowest BCUT2D eigenvalue weighted by Gasteiger charge is -2.12. The molecule has 0 radical (unpaired) electrons. The quantitative estimate of drug-likeness (QED) is 0.212. The van der Waals surface area contributed by atoms with E-state index in [-0.39, 0.29) is 0 Å². The molecular formula is C33H27N3S. The molecule has 4 heteroatoms. The lowest BCUT2D eigenvalue weighted by Crippen LogP contribution is -2.04. The molecule has 0 saturated heterocycles. The summed E-state index contributed by atoms with van der Waals surface area (Å²) in [4.78, 5) is 9.96. The van der Waals surface area contributed by atoms with E-state index in [2.05, 4.69) is 118 Å². The van der Waals surface area contributed by atoms with Crippen molar-refractivity contribution in [2.75, 3.05) is 0 Å². The fourth-order valence-electron chi connectivity index (χ4n) is 4.77. The van der Waals surface area contributed by atoms with Gasteiger partial charge in [0.1, 0.15) is 0 Å². The fourth-order valence-corrected chi connectivity index (χ4v) is 5.43. The molecule has 37 heavy (non-hydrogen) atoms. The van der Waals surface area contributed by atoms with Crippen molar-refractivity contribution in [1.29, 1.82) is 0 Å². The first-order chi connectivity index (χ1) is 18.3. The molecule has 6 aromatic rings. The lowest BCUT2D eigenvalue weighted by atomic mass is 9.95. The van der Waals surface area contributed by atoms with E-state index in [1.807, 2.05) is 24.2 Å². The molecule has 0 aliphatic heterocycles. The third-order valence-corrected chi connectivity index (χ3v) is 7.56. The minimum atomic E-state index is 0.823. The van der Waals surface area contributed by atoms with E-state index >= 15 is 0 Å². The Balaban J connectivity index is 1.19. The number of hydrogen-bond donors (Lipinski definition) is 0. The highest BCUT2D eigenvalue weighted by molar-refractivity contribution is 7.13. The first-order valence-electron chi connectivity index (χ1n) is 12.5. The Kier molecular flexibility index (Phi) is 6.74. The molecule has 0 spiro atoms. The van der Waals surface area contributed by atoms with Crippen LogP contribution in [-0.2, 0) is 19.4 Å². The van der Waals surface area contributed by atoms with Crippen LogP contribution in [0, 0.1) is 0 Å². The number of rotatable bonds is 8. The minimum absolute atomic E-state index is 0.823. The fraction of sp³-hybridized carbons (Fsp3) is 0.0909. The van der Waals surface area contributed by atoms with Gasteiger partial charge in [0, 0.05) is 30.2 Å². The molecule has 2 aromatic heterocycles. The molecular weight excluding hydrogens is 470 g/mol. The van der Waals surface area contributed by atoms with Gasteiger partial charge in [0.2, 0.25) is 0 Å². The highest BCUT2D eigenvalue weighted by atomic mass is 32.1. The van der Waals surface area contributed by atoms with E-state index in [9.17, 15) is 0 Å². The maximum absolute atomic E-state index is 4.47. The van der Waals surface area contributed by atoms with Crippen molar-refractivity contribution < 1.29 is 0 Å². The molecule has 0 N–H and O–H groups in total. The van der Waals surface area contributed by atoms with Gasteiger partial charge in [-0.3, -0.25) is 4.98 Å². The van der Waals surface area contributed by atoms with Crippen molar-refractivity contribution in [3.63, 3.8) is 0 Å². The normalized spacial score (nSPS) is 11.0. The molecule has 0 fully saturated rings. The Hall–Kier alpha value is -4.28. The number of aromatic nitrogens is 3. The average molecular weight is 498 g/mol. The topological polar surface area (TPSA) is 30.7 Å². The van der Waals surface area contributed by atoms with E-state index < -0.39 is 0 Å². The Bertz CT molecular complexity index is 1570. The monoisotopic (exact) mass is 497 g/mol. The van der Waals surface area contributed by atoms with Crippen LogP contribution < -0.4 is 0 Å². The molecule has 4 aromatic carbocycles. The minimum Gasteiger partial charge on any atom is -0.330 e. The van der Waals surface area contributed by atoms with Gasteiger partial charge in [-0.15, -0.1) is 11.3 Å². The van der Waals surface area contributed by atoms with Crippen molar-refractivity contribution >= 4 is 11.3 Å². The molecule has 0 aliphatic carbocycles. The van der Waals surface area contributed by atoms with Crippen molar-refractivity contribution in [1.82, 2.24) is 14.5 Å². The van der Waals surface area contributed by atoms with Gasteiger partial charge in [-0.1, -0.05) is 103 Å². The first kappa shape index (κ1) is 23.1. The van der Waals surface area contributed by atoms with Crippen LogP contribution in [0.25, 0.3) is 32.7 Å². The number of nitrogens with zero attached hydrogens (tertiary/aromatic N) is 3. The van der Waals surface area contributed by atoms with Crippen LogP contribution in [0.1, 0.15) is 16.8 Å². The Morgan fingerprint density at radius 3 is 2.03 bits per heavy atom. The van der Waals surface area contributed by atoms with Crippen molar-refractivity contribution in [2.24, 2.45) is 0 Å². The third kappa shape index (κ3) is 5.30. The predicted molar refractivity (Wildman–Crippen MR) is 154 cm³/mol. The standard InChI is InChI=1S/C33H27N3S/c1-3-7-27(8-4-1)28-15-11-26(12-16-28)22-36-23-34-20-30(36)17-13-25-14-18-31(33-21-35-24-37-33)32(19-25)29-9-5-2-6-10-29/h1-12,14-16,18-21,23-24H,13,17,22H2. The molecule has 0 atom stereocenters. The van der Waals surface area contributed by atoms with Gasteiger partial charge in [0.05, 0.1) is 16.7 Å². The van der Waals surface area contributed by atoms with Crippen molar-refractivity contribution in [3.8, 4) is 32.7 Å². The van der Waals surface area contributed by atoms with Gasteiger partial charge in [-0.2, -0.15) is 0 Å². The summed E-state index contributed by atoms with van der Waals surface area (Å²) in [5.41, 5.74) is 12.0. The second kappa shape index (κ2) is 10.8. The largest absolute Gasteiger partial charge is 0.330 e. The summed E-state index contributed by atoms with van der Waals surface area (Å²) >= 11 is 1.68. The van der Waals surface area contributed by atoms with Gasteiger partial charge >= 0.3 is 0 Å². The van der Waals surface area contributed by atoms with Gasteiger partial charge in [-0.05, 0) is 46.2 Å². The van der Waals surface area contributed by atoms with E-state index in [0.29, 0.717) is 0 Å². The summed E-state index contributed by atoms with van der Waals surface area (Å²) in [5.74, 6) is 0. The molecule has 3 nitrogen and oxygen atoms in total. The molecule has 6 rings (SSSR count). The smallest absolute Gasteiger partial charge is 0.0951 e. The average Bonchev–Trinajstić information content (AvgIpc) is 3.66. The number of aryl methyl sites for hydroxylation is 2. The lowest BCUT2D eigenvalue weighted by molar-refractivity contribution is 0.729. The second-order valence-electron chi connectivity index (χ2n) is 9.19. The Morgan fingerprint density at radius 2 is 1.30 bits per heavy atom. The summed E-state index contributed by atoms with van der Waals surface area (Å²) in [7, 11) is 0. The third-order valence-electron chi connectivity index (χ3n) is 6.75. The number of imidazole rings is 1. The highest BCUT2D eigenvalue weighted by Crippen LogP contribution is 2.35. The predicted octanol–water partition coefficient (Wildman–Crippen LogP) is 8.17. The maximum Gasteiger partial charge on any atom is 0.0951 e. The SMILES string of the molecule is c1ccc(-c2ccc(Cn3cncc3CCc3ccc(-c4cncs4)c(-c4ccccc4)c3)cc2)cc1. The molecule has 180 valence electrons. The highest BCUT2D eigenvalue weighted by Gasteiger charge is 2.11. The number of hydrogen-bond acceptors (Lipinski definition) is 3. The molecule has 2 heterocycles. The van der Waals surface area contributed by atoms with Gasteiger partial charge in [-0.25, -0.2) is 4.98 Å². The summed E-state index contributed by atoms with van der Waals surface area (Å²) < 4.78 is 2.27. The zero-order valence-corrected chi connectivity index (χ0v) is 21.3. The first-order valence-corrected chi connectivity index (χ1v) is 13.4.